The second-order valence-electron chi connectivity index (χ2n) is 6.61. The number of carbonyl (C=O) groups is 1. The van der Waals surface area contributed by atoms with Crippen molar-refractivity contribution in [3.8, 4) is 0 Å². The first kappa shape index (κ1) is 18.9. The van der Waals surface area contributed by atoms with Crippen LogP contribution < -0.4 is 9.62 Å². The third-order valence-electron chi connectivity index (χ3n) is 4.54. The van der Waals surface area contributed by atoms with Gasteiger partial charge in [-0.05, 0) is 48.7 Å². The van der Waals surface area contributed by atoms with Crippen LogP contribution in [0.1, 0.15) is 27.2 Å². The zero-order chi connectivity index (χ0) is 19.8. The molecule has 0 aliphatic heterocycles. The summed E-state index contributed by atoms with van der Waals surface area (Å²) in [5, 5.41) is 2.84. The van der Waals surface area contributed by atoms with Crippen molar-refractivity contribution in [2.45, 2.75) is 20.4 Å². The maximum Gasteiger partial charge on any atom is 0.271 e. The molecule has 0 saturated carbocycles. The molecule has 2 aromatic heterocycles. The zero-order valence-electron chi connectivity index (χ0n) is 15.7. The molecule has 1 amide bonds. The summed E-state index contributed by atoms with van der Waals surface area (Å²) in [7, 11) is -1.80. The van der Waals surface area contributed by atoms with Gasteiger partial charge in [0.15, 0.2) is 0 Å². The van der Waals surface area contributed by atoms with Crippen molar-refractivity contribution in [1.82, 2.24) is 14.7 Å². The number of hydrogen-bond acceptors (Lipinski definition) is 4. The quantitative estimate of drug-likeness (QED) is 0.729. The van der Waals surface area contributed by atoms with Gasteiger partial charge in [0.05, 0.1) is 11.9 Å². The zero-order valence-corrected chi connectivity index (χ0v) is 16.5. The predicted molar refractivity (Wildman–Crippen MR) is 106 cm³/mol. The minimum atomic E-state index is -3.30. The molecule has 0 bridgehead atoms. The predicted octanol–water partition coefficient (Wildman–Crippen LogP) is 2.28. The number of pyridine rings is 1. The number of sulfonamides is 1. The third kappa shape index (κ3) is 4.11. The molecular weight excluding hydrogens is 364 g/mol. The van der Waals surface area contributed by atoms with Crippen LogP contribution in [0.2, 0.25) is 0 Å². The molecule has 3 aromatic rings. The van der Waals surface area contributed by atoms with Gasteiger partial charge in [0.1, 0.15) is 11.3 Å². The van der Waals surface area contributed by atoms with Crippen molar-refractivity contribution in [3.63, 3.8) is 0 Å². The smallest absolute Gasteiger partial charge is 0.271 e. The second kappa shape index (κ2) is 7.03. The summed E-state index contributed by atoms with van der Waals surface area (Å²) in [5.74, 6) is -0.258. The lowest BCUT2D eigenvalue weighted by Gasteiger charge is -2.16. The van der Waals surface area contributed by atoms with E-state index < -0.39 is 10.0 Å². The van der Waals surface area contributed by atoms with E-state index in [1.807, 2.05) is 30.5 Å². The van der Waals surface area contributed by atoms with Gasteiger partial charge < -0.3 is 9.72 Å². The van der Waals surface area contributed by atoms with Gasteiger partial charge in [-0.25, -0.2) is 13.4 Å². The van der Waals surface area contributed by atoms with Crippen LogP contribution in [0.3, 0.4) is 0 Å². The summed E-state index contributed by atoms with van der Waals surface area (Å²) < 4.78 is 26.2. The lowest BCUT2D eigenvalue weighted by Crippen LogP contribution is -2.25. The Balaban J connectivity index is 1.69. The number of nitrogens with zero attached hydrogens (tertiary/aromatic N) is 3. The van der Waals surface area contributed by atoms with Crippen molar-refractivity contribution < 1.29 is 13.2 Å². The lowest BCUT2D eigenvalue weighted by atomic mass is 10.2. The Hall–Kier alpha value is -2.87. The van der Waals surface area contributed by atoms with Crippen LogP contribution in [0, 0.1) is 13.8 Å². The van der Waals surface area contributed by atoms with Crippen LogP contribution in [0.5, 0.6) is 0 Å². The number of carbonyl (C=O) groups excluding carboxylic acids is 1. The Kier molecular flexibility index (Phi) is 4.93. The van der Waals surface area contributed by atoms with E-state index in [-0.39, 0.29) is 5.91 Å². The van der Waals surface area contributed by atoms with Crippen LogP contribution in [0.25, 0.3) is 5.65 Å². The molecule has 0 atom stereocenters. The number of hydrogen-bond donors (Lipinski definition) is 1. The molecule has 0 saturated heterocycles. The van der Waals surface area contributed by atoms with Crippen LogP contribution in [-0.4, -0.2) is 37.0 Å². The fourth-order valence-electron chi connectivity index (χ4n) is 2.63. The van der Waals surface area contributed by atoms with Crippen LogP contribution >= 0.6 is 0 Å². The van der Waals surface area contributed by atoms with Crippen molar-refractivity contribution in [2.24, 2.45) is 0 Å². The number of benzene rings is 1. The standard InChI is InChI=1S/C19H22N4O3S/c1-13-9-18-21-17(12-23(18)11-14(13)2)19(24)20-10-15-5-7-16(8-6-15)22(3)27(4,25)26/h5-9,11-12H,10H2,1-4H3,(H,20,24). The summed E-state index contributed by atoms with van der Waals surface area (Å²) in [4.78, 5) is 16.8. The summed E-state index contributed by atoms with van der Waals surface area (Å²) in [5.41, 5.74) is 4.78. The molecule has 7 nitrogen and oxygen atoms in total. The van der Waals surface area contributed by atoms with E-state index in [0.29, 0.717) is 17.9 Å². The van der Waals surface area contributed by atoms with E-state index in [2.05, 4.69) is 10.3 Å². The molecule has 0 aliphatic rings. The molecule has 0 fully saturated rings. The monoisotopic (exact) mass is 386 g/mol. The van der Waals surface area contributed by atoms with Crippen molar-refractivity contribution in [2.75, 3.05) is 17.6 Å². The van der Waals surface area contributed by atoms with E-state index >= 15 is 0 Å². The molecule has 2 heterocycles. The van der Waals surface area contributed by atoms with Crippen LogP contribution in [-0.2, 0) is 16.6 Å². The van der Waals surface area contributed by atoms with E-state index in [9.17, 15) is 13.2 Å². The Labute approximate surface area is 158 Å². The minimum absolute atomic E-state index is 0.258. The summed E-state index contributed by atoms with van der Waals surface area (Å²) in [6, 6.07) is 8.93. The number of rotatable bonds is 5. The highest BCUT2D eigenvalue weighted by molar-refractivity contribution is 7.92. The van der Waals surface area contributed by atoms with E-state index in [1.54, 1.807) is 30.5 Å². The molecule has 0 spiro atoms. The van der Waals surface area contributed by atoms with Gasteiger partial charge in [0.2, 0.25) is 10.0 Å². The largest absolute Gasteiger partial charge is 0.347 e. The van der Waals surface area contributed by atoms with E-state index in [1.165, 1.54) is 11.4 Å². The number of aryl methyl sites for hydroxylation is 2. The normalized spacial score (nSPS) is 11.6. The first-order chi connectivity index (χ1) is 12.6. The maximum atomic E-state index is 12.4. The van der Waals surface area contributed by atoms with Gasteiger partial charge in [-0.2, -0.15) is 0 Å². The number of aromatic nitrogens is 2. The molecule has 27 heavy (non-hydrogen) atoms. The SMILES string of the molecule is Cc1cc2nc(C(=O)NCc3ccc(N(C)S(C)(=O)=O)cc3)cn2cc1C. The minimum Gasteiger partial charge on any atom is -0.347 e. The van der Waals surface area contributed by atoms with Gasteiger partial charge >= 0.3 is 0 Å². The summed E-state index contributed by atoms with van der Waals surface area (Å²) in [6.07, 6.45) is 4.81. The highest BCUT2D eigenvalue weighted by atomic mass is 32.2. The number of nitrogens with one attached hydrogen (secondary N) is 1. The van der Waals surface area contributed by atoms with E-state index in [4.69, 9.17) is 0 Å². The van der Waals surface area contributed by atoms with Gasteiger partial charge in [-0.3, -0.25) is 9.10 Å². The van der Waals surface area contributed by atoms with Crippen molar-refractivity contribution in [3.05, 3.63) is 65.1 Å². The Morgan fingerprint density at radius 2 is 1.81 bits per heavy atom. The fraction of sp³-hybridized carbons (Fsp3) is 0.263. The van der Waals surface area contributed by atoms with Gasteiger partial charge in [0.25, 0.3) is 5.91 Å². The van der Waals surface area contributed by atoms with Crippen LogP contribution in [0.15, 0.2) is 42.7 Å². The number of anilines is 1. The third-order valence-corrected chi connectivity index (χ3v) is 5.75. The molecule has 0 radical (unpaired) electrons. The Morgan fingerprint density at radius 3 is 2.44 bits per heavy atom. The summed E-state index contributed by atoms with van der Waals surface area (Å²) in [6.45, 7) is 4.35. The Morgan fingerprint density at radius 1 is 1.15 bits per heavy atom. The highest BCUT2D eigenvalue weighted by Gasteiger charge is 2.13. The average molecular weight is 386 g/mol. The van der Waals surface area contributed by atoms with Gasteiger partial charge in [-0.15, -0.1) is 0 Å². The lowest BCUT2D eigenvalue weighted by molar-refractivity contribution is 0.0946. The number of imidazole rings is 1. The molecule has 8 heteroatoms. The molecule has 1 aromatic carbocycles. The van der Waals surface area contributed by atoms with Gasteiger partial charge in [-0.1, -0.05) is 12.1 Å². The topological polar surface area (TPSA) is 83.8 Å². The second-order valence-corrected chi connectivity index (χ2v) is 8.62. The molecule has 142 valence electrons. The van der Waals surface area contributed by atoms with Crippen LogP contribution in [0.4, 0.5) is 5.69 Å². The number of amides is 1. The first-order valence-electron chi connectivity index (χ1n) is 8.42. The van der Waals surface area contributed by atoms with Crippen molar-refractivity contribution >= 4 is 27.3 Å². The highest BCUT2D eigenvalue weighted by Crippen LogP contribution is 2.16. The van der Waals surface area contributed by atoms with E-state index in [0.717, 1.165) is 28.6 Å². The molecule has 1 N–H and O–H groups in total. The maximum absolute atomic E-state index is 12.4. The van der Waals surface area contributed by atoms with Crippen molar-refractivity contribution in [1.29, 1.82) is 0 Å². The molecule has 3 rings (SSSR count). The number of fused-ring (bicyclic) bond motifs is 1. The fourth-order valence-corrected chi connectivity index (χ4v) is 3.14. The molecule has 0 unspecified atom stereocenters. The molecule has 0 aliphatic carbocycles. The Bertz CT molecular complexity index is 1060. The summed E-state index contributed by atoms with van der Waals surface area (Å²) >= 11 is 0. The van der Waals surface area contributed by atoms with Gasteiger partial charge in [0, 0.05) is 26.0 Å². The first-order valence-corrected chi connectivity index (χ1v) is 10.3. The average Bonchev–Trinajstić information content (AvgIpc) is 3.02. The molecular formula is C19H22N4O3S.